The first-order valence-corrected chi connectivity index (χ1v) is 7.24. The van der Waals surface area contributed by atoms with Gasteiger partial charge in [0.1, 0.15) is 5.75 Å². The molecule has 0 aliphatic rings. The van der Waals surface area contributed by atoms with Crippen molar-refractivity contribution >= 4 is 0 Å². The predicted molar refractivity (Wildman–Crippen MR) is 87.0 cm³/mol. The lowest BCUT2D eigenvalue weighted by Crippen LogP contribution is -2.04. The lowest BCUT2D eigenvalue weighted by Gasteiger charge is -2.09. The third-order valence-electron chi connectivity index (χ3n) is 3.70. The van der Waals surface area contributed by atoms with Crippen LogP contribution in [0.25, 0.3) is 11.3 Å². The molecule has 0 bridgehead atoms. The van der Waals surface area contributed by atoms with E-state index >= 15 is 0 Å². The lowest BCUT2D eigenvalue weighted by atomic mass is 10.1. The van der Waals surface area contributed by atoms with Crippen molar-refractivity contribution in [1.82, 2.24) is 15.0 Å². The number of rotatable bonds is 4. The highest BCUT2D eigenvalue weighted by atomic mass is 16.5. The second kappa shape index (κ2) is 6.32. The zero-order valence-corrected chi connectivity index (χ0v) is 13.0. The molecule has 1 heterocycles. The van der Waals surface area contributed by atoms with Crippen molar-refractivity contribution in [2.24, 2.45) is 0 Å². The second-order valence-electron chi connectivity index (χ2n) is 5.27. The fourth-order valence-electron chi connectivity index (χ4n) is 2.55. The Morgan fingerprint density at radius 2 is 2.09 bits per heavy atom. The van der Waals surface area contributed by atoms with E-state index in [1.165, 1.54) is 0 Å². The van der Waals surface area contributed by atoms with Gasteiger partial charge >= 0.3 is 0 Å². The molecule has 5 nitrogen and oxygen atoms in total. The number of nitriles is 1. The van der Waals surface area contributed by atoms with Crippen LogP contribution in [0, 0.1) is 18.3 Å². The molecule has 3 rings (SSSR count). The summed E-state index contributed by atoms with van der Waals surface area (Å²) in [6, 6.07) is 15.7. The molecule has 0 aliphatic heterocycles. The molecule has 3 aromatic rings. The van der Waals surface area contributed by atoms with E-state index in [-0.39, 0.29) is 0 Å². The molecule has 23 heavy (non-hydrogen) atoms. The highest BCUT2D eigenvalue weighted by molar-refractivity contribution is 5.61. The largest absolute Gasteiger partial charge is 0.496 e. The van der Waals surface area contributed by atoms with Gasteiger partial charge in [0, 0.05) is 5.56 Å². The molecule has 0 aliphatic carbocycles. The Labute approximate surface area is 134 Å². The van der Waals surface area contributed by atoms with Crippen molar-refractivity contribution in [3.05, 3.63) is 65.4 Å². The second-order valence-corrected chi connectivity index (χ2v) is 5.27. The third-order valence-corrected chi connectivity index (χ3v) is 3.70. The monoisotopic (exact) mass is 304 g/mol. The maximum Gasteiger partial charge on any atom is 0.121 e. The average molecular weight is 304 g/mol. The molecular weight excluding hydrogens is 288 g/mol. The minimum absolute atomic E-state index is 0.565. The van der Waals surface area contributed by atoms with Crippen molar-refractivity contribution in [3.8, 4) is 23.1 Å². The number of benzene rings is 2. The summed E-state index contributed by atoms with van der Waals surface area (Å²) in [4.78, 5) is 0. The van der Waals surface area contributed by atoms with Gasteiger partial charge in [-0.25, -0.2) is 4.68 Å². The zero-order valence-electron chi connectivity index (χ0n) is 13.0. The van der Waals surface area contributed by atoms with Gasteiger partial charge in [-0.2, -0.15) is 5.26 Å². The molecular formula is C18H16N4O. The maximum absolute atomic E-state index is 9.00. The van der Waals surface area contributed by atoms with Crippen LogP contribution in [0.2, 0.25) is 0 Å². The minimum Gasteiger partial charge on any atom is -0.496 e. The maximum atomic E-state index is 9.00. The molecule has 0 atom stereocenters. The summed E-state index contributed by atoms with van der Waals surface area (Å²) in [5.41, 5.74) is 4.68. The first-order chi connectivity index (χ1) is 11.2. The van der Waals surface area contributed by atoms with E-state index < -0.39 is 0 Å². The fraction of sp³-hybridized carbons (Fsp3) is 0.167. The van der Waals surface area contributed by atoms with Crippen LogP contribution in [0.5, 0.6) is 5.75 Å². The molecule has 0 N–H and O–H groups in total. The van der Waals surface area contributed by atoms with Crippen LogP contribution < -0.4 is 4.74 Å². The van der Waals surface area contributed by atoms with Crippen LogP contribution >= 0.6 is 0 Å². The SMILES string of the molecule is COc1ccc(-c2cnnn2Cc2cccc(C#N)c2)cc1C. The Kier molecular flexibility index (Phi) is 4.07. The van der Waals surface area contributed by atoms with Crippen LogP contribution in [-0.4, -0.2) is 22.1 Å². The van der Waals surface area contributed by atoms with Gasteiger partial charge < -0.3 is 4.74 Å². The Hall–Kier alpha value is -3.13. The summed E-state index contributed by atoms with van der Waals surface area (Å²) < 4.78 is 7.13. The Balaban J connectivity index is 1.93. The molecule has 0 saturated carbocycles. The van der Waals surface area contributed by atoms with Crippen molar-refractivity contribution in [2.45, 2.75) is 13.5 Å². The van der Waals surface area contributed by atoms with E-state index in [4.69, 9.17) is 10.00 Å². The summed E-state index contributed by atoms with van der Waals surface area (Å²) in [6.45, 7) is 2.57. The van der Waals surface area contributed by atoms with Gasteiger partial charge in [-0.15, -0.1) is 5.10 Å². The molecule has 114 valence electrons. The van der Waals surface area contributed by atoms with Gasteiger partial charge in [0.2, 0.25) is 0 Å². The standard InChI is InChI=1S/C18H16N4O/c1-13-8-16(6-7-18(13)23-2)17-11-20-21-22(17)12-15-5-3-4-14(9-15)10-19/h3-9,11H,12H2,1-2H3. The van der Waals surface area contributed by atoms with Crippen LogP contribution in [-0.2, 0) is 6.54 Å². The third kappa shape index (κ3) is 3.06. The number of aryl methyl sites for hydroxylation is 1. The predicted octanol–water partition coefficient (Wildman–Crippen LogP) is 3.18. The zero-order chi connectivity index (χ0) is 16.2. The van der Waals surface area contributed by atoms with E-state index in [0.717, 1.165) is 28.1 Å². The fourth-order valence-corrected chi connectivity index (χ4v) is 2.55. The Bertz CT molecular complexity index is 877. The summed E-state index contributed by atoms with van der Waals surface area (Å²) in [7, 11) is 1.66. The highest BCUT2D eigenvalue weighted by Gasteiger charge is 2.09. The quantitative estimate of drug-likeness (QED) is 0.742. The molecule has 1 aromatic heterocycles. The Morgan fingerprint density at radius 3 is 2.83 bits per heavy atom. The molecule has 0 spiro atoms. The number of methoxy groups -OCH3 is 1. The van der Waals surface area contributed by atoms with Gasteiger partial charge in [0.15, 0.2) is 0 Å². The minimum atomic E-state index is 0.565. The van der Waals surface area contributed by atoms with E-state index in [9.17, 15) is 0 Å². The van der Waals surface area contributed by atoms with Crippen molar-refractivity contribution in [2.75, 3.05) is 7.11 Å². The summed E-state index contributed by atoms with van der Waals surface area (Å²) in [5, 5.41) is 17.2. The first kappa shape index (κ1) is 14.8. The van der Waals surface area contributed by atoms with Crippen LogP contribution in [0.15, 0.2) is 48.7 Å². The van der Waals surface area contributed by atoms with Crippen LogP contribution in [0.1, 0.15) is 16.7 Å². The van der Waals surface area contributed by atoms with Gasteiger partial charge in [-0.3, -0.25) is 0 Å². The van der Waals surface area contributed by atoms with E-state index in [1.807, 2.05) is 41.9 Å². The molecule has 0 saturated heterocycles. The van der Waals surface area contributed by atoms with Crippen molar-refractivity contribution < 1.29 is 4.74 Å². The molecule has 0 unspecified atom stereocenters. The number of aromatic nitrogens is 3. The van der Waals surface area contributed by atoms with Crippen LogP contribution in [0.4, 0.5) is 0 Å². The Morgan fingerprint density at radius 1 is 1.22 bits per heavy atom. The summed E-state index contributed by atoms with van der Waals surface area (Å²) in [5.74, 6) is 0.856. The van der Waals surface area contributed by atoms with Crippen molar-refractivity contribution in [1.29, 1.82) is 5.26 Å². The number of hydrogen-bond donors (Lipinski definition) is 0. The molecule has 0 radical (unpaired) electrons. The summed E-state index contributed by atoms with van der Waals surface area (Å²) in [6.07, 6.45) is 1.75. The van der Waals surface area contributed by atoms with Crippen molar-refractivity contribution in [3.63, 3.8) is 0 Å². The molecule has 2 aromatic carbocycles. The number of ether oxygens (including phenoxy) is 1. The average Bonchev–Trinajstić information content (AvgIpc) is 3.03. The molecule has 0 fully saturated rings. The molecule has 0 amide bonds. The normalized spacial score (nSPS) is 10.3. The van der Waals surface area contributed by atoms with Gasteiger partial charge in [-0.05, 0) is 48.4 Å². The lowest BCUT2D eigenvalue weighted by molar-refractivity contribution is 0.412. The topological polar surface area (TPSA) is 63.7 Å². The summed E-state index contributed by atoms with van der Waals surface area (Å²) >= 11 is 0. The highest BCUT2D eigenvalue weighted by Crippen LogP contribution is 2.25. The van der Waals surface area contributed by atoms with Gasteiger partial charge in [0.05, 0.1) is 37.2 Å². The van der Waals surface area contributed by atoms with Crippen LogP contribution in [0.3, 0.4) is 0 Å². The van der Waals surface area contributed by atoms with Gasteiger partial charge in [0.25, 0.3) is 0 Å². The van der Waals surface area contributed by atoms with E-state index in [1.54, 1.807) is 19.4 Å². The molecule has 5 heteroatoms. The number of nitrogens with zero attached hydrogens (tertiary/aromatic N) is 4. The first-order valence-electron chi connectivity index (χ1n) is 7.24. The van der Waals surface area contributed by atoms with E-state index in [2.05, 4.69) is 22.4 Å². The van der Waals surface area contributed by atoms with Gasteiger partial charge in [-0.1, -0.05) is 17.3 Å². The van der Waals surface area contributed by atoms with E-state index in [0.29, 0.717) is 12.1 Å². The number of hydrogen-bond acceptors (Lipinski definition) is 4. The smallest absolute Gasteiger partial charge is 0.121 e.